The number of hydrogen-bond acceptors (Lipinski definition) is 3. The van der Waals surface area contributed by atoms with Crippen LogP contribution in [0.25, 0.3) is 0 Å². The van der Waals surface area contributed by atoms with Crippen LogP contribution in [0, 0.1) is 6.92 Å². The normalized spacial score (nSPS) is 10.3. The highest BCUT2D eigenvalue weighted by Gasteiger charge is 2.09. The van der Waals surface area contributed by atoms with Crippen LogP contribution < -0.4 is 16.0 Å². The van der Waals surface area contributed by atoms with Crippen molar-refractivity contribution in [3.8, 4) is 0 Å². The fourth-order valence-electron chi connectivity index (χ4n) is 2.30. The molecule has 0 atom stereocenters. The average Bonchev–Trinajstić information content (AvgIpc) is 2.59. The molecule has 2 rings (SSSR count). The maximum atomic E-state index is 12.2. The maximum Gasteiger partial charge on any atom is 0.243 e. The number of hydrogen-bond donors (Lipinski definition) is 3. The van der Waals surface area contributed by atoms with Crippen molar-refractivity contribution < 1.29 is 9.59 Å². The molecule has 0 aliphatic rings. The third-order valence-corrected chi connectivity index (χ3v) is 4.20. The lowest BCUT2D eigenvalue weighted by Crippen LogP contribution is -2.22. The zero-order valence-corrected chi connectivity index (χ0v) is 16.2. The maximum absolute atomic E-state index is 12.2. The first-order valence-corrected chi connectivity index (χ1v) is 9.04. The molecule has 138 valence electrons. The van der Waals surface area contributed by atoms with Crippen LogP contribution >= 0.6 is 23.2 Å². The van der Waals surface area contributed by atoms with Crippen molar-refractivity contribution in [1.29, 1.82) is 0 Å². The van der Waals surface area contributed by atoms with Gasteiger partial charge in [-0.05, 0) is 49.2 Å². The van der Waals surface area contributed by atoms with Gasteiger partial charge in [0.15, 0.2) is 0 Å². The second kappa shape index (κ2) is 9.46. The van der Waals surface area contributed by atoms with E-state index in [0.29, 0.717) is 27.8 Å². The second-order valence-electron chi connectivity index (χ2n) is 5.85. The van der Waals surface area contributed by atoms with E-state index in [4.69, 9.17) is 23.2 Å². The van der Waals surface area contributed by atoms with Crippen molar-refractivity contribution in [3.63, 3.8) is 0 Å². The van der Waals surface area contributed by atoms with Gasteiger partial charge in [0.25, 0.3) is 0 Å². The molecule has 0 fully saturated rings. The Morgan fingerprint density at radius 3 is 2.46 bits per heavy atom. The van der Waals surface area contributed by atoms with E-state index in [1.807, 2.05) is 19.9 Å². The van der Waals surface area contributed by atoms with Crippen LogP contribution in [0.15, 0.2) is 36.4 Å². The molecule has 0 unspecified atom stereocenters. The Balaban J connectivity index is 1.99. The first-order chi connectivity index (χ1) is 12.4. The lowest BCUT2D eigenvalue weighted by atomic mass is 10.2. The zero-order valence-electron chi connectivity index (χ0n) is 14.7. The summed E-state index contributed by atoms with van der Waals surface area (Å²) in [5.41, 5.74) is 2.80. The number of anilines is 3. The monoisotopic (exact) mass is 393 g/mol. The van der Waals surface area contributed by atoms with E-state index in [9.17, 15) is 9.59 Å². The molecule has 2 aromatic rings. The van der Waals surface area contributed by atoms with Crippen LogP contribution in [-0.4, -0.2) is 18.4 Å². The zero-order chi connectivity index (χ0) is 19.1. The molecule has 0 aliphatic carbocycles. The molecule has 0 spiro atoms. The minimum atomic E-state index is -0.261. The van der Waals surface area contributed by atoms with Crippen molar-refractivity contribution >= 4 is 52.1 Å². The molecule has 3 N–H and O–H groups in total. The summed E-state index contributed by atoms with van der Waals surface area (Å²) in [6.07, 6.45) is 1.20. The minimum Gasteiger partial charge on any atom is -0.376 e. The molecule has 2 aromatic carbocycles. The summed E-state index contributed by atoms with van der Waals surface area (Å²) in [5.74, 6) is -0.339. The predicted octanol–water partition coefficient (Wildman–Crippen LogP) is 5.09. The molecule has 7 heteroatoms. The molecular weight excluding hydrogens is 373 g/mol. The van der Waals surface area contributed by atoms with E-state index in [2.05, 4.69) is 16.0 Å². The van der Waals surface area contributed by atoms with Crippen molar-refractivity contribution in [2.75, 3.05) is 22.5 Å². The topological polar surface area (TPSA) is 70.2 Å². The third kappa shape index (κ3) is 5.93. The molecule has 26 heavy (non-hydrogen) atoms. The fraction of sp³-hybridized carbons (Fsp3) is 0.263. The molecule has 2 amide bonds. The van der Waals surface area contributed by atoms with Crippen LogP contribution in [0.3, 0.4) is 0 Å². The summed E-state index contributed by atoms with van der Waals surface area (Å²) in [4.78, 5) is 23.9. The Kier molecular flexibility index (Phi) is 7.30. The molecular formula is C19H21Cl2N3O2. The molecule has 0 saturated heterocycles. The van der Waals surface area contributed by atoms with Gasteiger partial charge in [-0.1, -0.05) is 36.2 Å². The molecule has 0 radical (unpaired) electrons. The van der Waals surface area contributed by atoms with Crippen molar-refractivity contribution in [3.05, 3.63) is 52.0 Å². The summed E-state index contributed by atoms with van der Waals surface area (Å²) in [7, 11) is 0. The second-order valence-corrected chi connectivity index (χ2v) is 6.70. The summed E-state index contributed by atoms with van der Waals surface area (Å²) in [5, 5.41) is 9.55. The Labute approximate surface area is 163 Å². The Morgan fingerprint density at radius 2 is 1.73 bits per heavy atom. The summed E-state index contributed by atoms with van der Waals surface area (Å²) < 4.78 is 0. The molecule has 0 aliphatic heterocycles. The minimum absolute atomic E-state index is 0.0595. The van der Waals surface area contributed by atoms with Crippen molar-refractivity contribution in [1.82, 2.24) is 0 Å². The largest absolute Gasteiger partial charge is 0.376 e. The van der Waals surface area contributed by atoms with Gasteiger partial charge in [-0.3, -0.25) is 9.59 Å². The number of rotatable bonds is 7. The first kappa shape index (κ1) is 20.1. The van der Waals surface area contributed by atoms with E-state index in [0.717, 1.165) is 17.7 Å². The van der Waals surface area contributed by atoms with Gasteiger partial charge in [0, 0.05) is 22.8 Å². The van der Waals surface area contributed by atoms with E-state index < -0.39 is 0 Å². The number of aryl methyl sites for hydroxylation is 1. The number of nitrogens with one attached hydrogen (secondary N) is 3. The van der Waals surface area contributed by atoms with Gasteiger partial charge in [-0.25, -0.2) is 0 Å². The van der Waals surface area contributed by atoms with Crippen LogP contribution in [0.5, 0.6) is 0 Å². The molecule has 0 aromatic heterocycles. The highest BCUT2D eigenvalue weighted by molar-refractivity contribution is 6.34. The molecule has 0 saturated carbocycles. The highest BCUT2D eigenvalue weighted by atomic mass is 35.5. The number of benzene rings is 2. The Morgan fingerprint density at radius 1 is 0.962 bits per heavy atom. The first-order valence-electron chi connectivity index (χ1n) is 8.28. The molecule has 0 bridgehead atoms. The smallest absolute Gasteiger partial charge is 0.243 e. The van der Waals surface area contributed by atoms with E-state index in [-0.39, 0.29) is 18.4 Å². The van der Waals surface area contributed by atoms with Gasteiger partial charge in [0.05, 0.1) is 17.3 Å². The van der Waals surface area contributed by atoms with E-state index >= 15 is 0 Å². The van der Waals surface area contributed by atoms with Gasteiger partial charge >= 0.3 is 0 Å². The van der Waals surface area contributed by atoms with Crippen LogP contribution in [0.1, 0.15) is 25.3 Å². The SMILES string of the molecule is CCCC(=O)Nc1ccc(Cl)c(NC(=O)CNc2cc(Cl)ccc2C)c1. The lowest BCUT2D eigenvalue weighted by Gasteiger charge is -2.12. The summed E-state index contributed by atoms with van der Waals surface area (Å²) in [6, 6.07) is 10.4. The van der Waals surface area contributed by atoms with Crippen LogP contribution in [-0.2, 0) is 9.59 Å². The molecule has 0 heterocycles. The van der Waals surface area contributed by atoms with Crippen LogP contribution in [0.2, 0.25) is 10.0 Å². The van der Waals surface area contributed by atoms with Crippen LogP contribution in [0.4, 0.5) is 17.1 Å². The van der Waals surface area contributed by atoms with Crippen molar-refractivity contribution in [2.24, 2.45) is 0 Å². The quantitative estimate of drug-likeness (QED) is 0.613. The Bertz CT molecular complexity index is 809. The standard InChI is InChI=1S/C19H21Cl2N3O2/c1-3-4-18(25)23-14-7-8-15(21)17(10-14)24-19(26)11-22-16-9-13(20)6-5-12(16)2/h5-10,22H,3-4,11H2,1-2H3,(H,23,25)(H,24,26). The number of carbonyl (C=O) groups is 2. The summed E-state index contributed by atoms with van der Waals surface area (Å²) >= 11 is 12.1. The van der Waals surface area contributed by atoms with Crippen molar-refractivity contribution in [2.45, 2.75) is 26.7 Å². The Hall–Kier alpha value is -2.24. The summed E-state index contributed by atoms with van der Waals surface area (Å²) in [6.45, 7) is 3.92. The number of halogens is 2. The fourth-order valence-corrected chi connectivity index (χ4v) is 2.64. The van der Waals surface area contributed by atoms with Gasteiger partial charge in [0.2, 0.25) is 11.8 Å². The van der Waals surface area contributed by atoms with Gasteiger partial charge in [0.1, 0.15) is 0 Å². The lowest BCUT2D eigenvalue weighted by molar-refractivity contribution is -0.116. The molecule has 5 nitrogen and oxygen atoms in total. The van der Waals surface area contributed by atoms with E-state index in [1.54, 1.807) is 30.3 Å². The predicted molar refractivity (Wildman–Crippen MR) is 108 cm³/mol. The number of carbonyl (C=O) groups excluding carboxylic acids is 2. The average molecular weight is 394 g/mol. The highest BCUT2D eigenvalue weighted by Crippen LogP contribution is 2.26. The third-order valence-electron chi connectivity index (χ3n) is 3.64. The van der Waals surface area contributed by atoms with Gasteiger partial charge < -0.3 is 16.0 Å². The van der Waals surface area contributed by atoms with Gasteiger partial charge in [-0.15, -0.1) is 0 Å². The van der Waals surface area contributed by atoms with E-state index in [1.165, 1.54) is 0 Å². The van der Waals surface area contributed by atoms with Gasteiger partial charge in [-0.2, -0.15) is 0 Å². The number of amides is 2.